The standard InChI is InChI=1S/C45H28N4O/c1-4-14-29(15-5-1)33-21-12-24-39-41(33)42-38(23-13-25-40(42)50-39)49-36-22-11-10-20-34(36)35-28-32(26-27-37(35)49)45-47-43(30-16-6-2-7-17-30)46-44(48-45)31-18-8-3-9-19-31/h1-28H/i1D,4D,5D,10D,11D,12D,13D,14D,15D,20D,21D,22D,23D,24D,25D,26D,27D,28D. The molecule has 5 nitrogen and oxygen atoms in total. The lowest BCUT2D eigenvalue weighted by molar-refractivity contribution is 0.669. The van der Waals surface area contributed by atoms with Crippen molar-refractivity contribution in [2.75, 3.05) is 0 Å². The van der Waals surface area contributed by atoms with Crippen molar-refractivity contribution in [3.05, 3.63) is 169 Å². The Bertz CT molecular complexity index is 3810. The maximum Gasteiger partial charge on any atom is 0.164 e. The second-order valence-corrected chi connectivity index (χ2v) is 11.1. The summed E-state index contributed by atoms with van der Waals surface area (Å²) in [6, 6.07) is 3.74. The van der Waals surface area contributed by atoms with E-state index in [2.05, 4.69) is 15.0 Å². The highest BCUT2D eigenvalue weighted by Gasteiger charge is 2.21. The van der Waals surface area contributed by atoms with E-state index in [9.17, 15) is 8.22 Å². The summed E-state index contributed by atoms with van der Waals surface area (Å²) in [5, 5.41) is -1.56. The van der Waals surface area contributed by atoms with Gasteiger partial charge in [0.1, 0.15) is 11.2 Å². The van der Waals surface area contributed by atoms with Gasteiger partial charge in [-0.15, -0.1) is 0 Å². The van der Waals surface area contributed by atoms with E-state index in [4.69, 9.17) is 20.9 Å². The van der Waals surface area contributed by atoms with E-state index in [-0.39, 0.29) is 33.8 Å². The molecule has 0 N–H and O–H groups in total. The SMILES string of the molecule is [2H]c1c([2H])c([2H])c(-c2c([2H])c([2H])c([2H])c3oc4c([2H])c([2H])c([2H])c(-n5c6c([2H])c([2H])c([2H])c([2H])c6c6c([2H])c(-c7nc(-c8ccccc8)nc(-c8ccccc8)n7)c([2H])c([2H])c65)c4c23)c([2H])c1[2H]. The Labute approximate surface area is 313 Å². The first-order chi connectivity index (χ1) is 32.3. The molecule has 0 amide bonds. The predicted octanol–water partition coefficient (Wildman–Crippen LogP) is 11.5. The fourth-order valence-corrected chi connectivity index (χ4v) is 5.99. The molecule has 0 aliphatic heterocycles. The third-order valence-electron chi connectivity index (χ3n) is 8.17. The Kier molecular flexibility index (Phi) is 3.55. The van der Waals surface area contributed by atoms with Crippen molar-refractivity contribution >= 4 is 43.7 Å². The van der Waals surface area contributed by atoms with Crippen LogP contribution < -0.4 is 0 Å². The molecule has 0 unspecified atom stereocenters. The summed E-state index contributed by atoms with van der Waals surface area (Å²) in [5.74, 6) is 0.0507. The second-order valence-electron chi connectivity index (χ2n) is 11.1. The first-order valence-corrected chi connectivity index (χ1v) is 15.2. The van der Waals surface area contributed by atoms with Gasteiger partial charge in [-0.1, -0.05) is 127 Å². The molecule has 10 aromatic rings. The highest BCUT2D eigenvalue weighted by molar-refractivity contribution is 6.18. The maximum atomic E-state index is 9.87. The molecule has 7 aromatic carbocycles. The topological polar surface area (TPSA) is 56.7 Å². The summed E-state index contributed by atoms with van der Waals surface area (Å²) in [6.07, 6.45) is 0. The molecule has 3 heterocycles. The molecule has 0 bridgehead atoms. The molecule has 5 heteroatoms. The Hall–Kier alpha value is -6.85. The Balaban J connectivity index is 1.44. The molecule has 0 aliphatic rings. The van der Waals surface area contributed by atoms with E-state index in [0.717, 1.165) is 4.57 Å². The zero-order valence-corrected chi connectivity index (χ0v) is 25.5. The number of rotatable bonds is 5. The normalized spacial score (nSPS) is 16.6. The molecule has 50 heavy (non-hydrogen) atoms. The fraction of sp³-hybridized carbons (Fsp3) is 0. The van der Waals surface area contributed by atoms with Crippen LogP contribution in [0.3, 0.4) is 0 Å². The van der Waals surface area contributed by atoms with E-state index in [1.54, 1.807) is 60.7 Å². The minimum atomic E-state index is -0.838. The summed E-state index contributed by atoms with van der Waals surface area (Å²) in [4.78, 5) is 14.0. The first-order valence-electron chi connectivity index (χ1n) is 24.2. The Morgan fingerprint density at radius 2 is 1.06 bits per heavy atom. The van der Waals surface area contributed by atoms with Gasteiger partial charge in [-0.25, -0.2) is 15.0 Å². The first kappa shape index (κ1) is 15.6. The van der Waals surface area contributed by atoms with Gasteiger partial charge in [0.25, 0.3) is 0 Å². The number of para-hydroxylation sites is 1. The Morgan fingerprint density at radius 1 is 0.460 bits per heavy atom. The van der Waals surface area contributed by atoms with E-state index in [1.165, 1.54) is 0 Å². The third-order valence-corrected chi connectivity index (χ3v) is 8.17. The van der Waals surface area contributed by atoms with Crippen molar-refractivity contribution in [1.82, 2.24) is 19.5 Å². The highest BCUT2D eigenvalue weighted by Crippen LogP contribution is 2.42. The van der Waals surface area contributed by atoms with Crippen molar-refractivity contribution in [1.29, 1.82) is 0 Å². The quantitative estimate of drug-likeness (QED) is 0.185. The van der Waals surface area contributed by atoms with Crippen LogP contribution in [-0.4, -0.2) is 19.5 Å². The number of hydrogen-bond acceptors (Lipinski definition) is 4. The number of nitrogens with zero attached hydrogens (tertiary/aromatic N) is 4. The molecule has 0 spiro atoms. The number of benzene rings is 7. The van der Waals surface area contributed by atoms with Crippen molar-refractivity contribution in [2.24, 2.45) is 0 Å². The van der Waals surface area contributed by atoms with Gasteiger partial charge in [0.05, 0.1) is 46.8 Å². The molecular formula is C45H28N4O. The lowest BCUT2D eigenvalue weighted by Crippen LogP contribution is -2.00. The van der Waals surface area contributed by atoms with Crippen LogP contribution in [0.25, 0.3) is 94.7 Å². The summed E-state index contributed by atoms with van der Waals surface area (Å²) < 4.78 is 170. The summed E-state index contributed by atoms with van der Waals surface area (Å²) in [5.41, 5.74) is -3.01. The van der Waals surface area contributed by atoms with Crippen LogP contribution in [0.1, 0.15) is 24.7 Å². The van der Waals surface area contributed by atoms with Crippen LogP contribution >= 0.6 is 0 Å². The van der Waals surface area contributed by atoms with Gasteiger partial charge in [0.2, 0.25) is 0 Å². The fourth-order valence-electron chi connectivity index (χ4n) is 5.99. The van der Waals surface area contributed by atoms with Crippen molar-refractivity contribution in [2.45, 2.75) is 0 Å². The second kappa shape index (κ2) is 11.4. The third kappa shape index (κ3) is 4.52. The number of furan rings is 1. The van der Waals surface area contributed by atoms with E-state index in [1.807, 2.05) is 0 Å². The number of aromatic nitrogens is 4. The maximum absolute atomic E-state index is 9.87. The lowest BCUT2D eigenvalue weighted by atomic mass is 9.99. The van der Waals surface area contributed by atoms with Gasteiger partial charge in [0.15, 0.2) is 17.5 Å². The average Bonchev–Trinajstić information content (AvgIpc) is 3.91. The lowest BCUT2D eigenvalue weighted by Gasteiger charge is -2.11. The molecule has 234 valence electrons. The minimum Gasteiger partial charge on any atom is -0.456 e. The van der Waals surface area contributed by atoms with Crippen LogP contribution in [0.2, 0.25) is 0 Å². The van der Waals surface area contributed by atoms with Gasteiger partial charge < -0.3 is 8.98 Å². The zero-order chi connectivity index (χ0) is 48.7. The van der Waals surface area contributed by atoms with E-state index >= 15 is 0 Å². The van der Waals surface area contributed by atoms with Crippen molar-refractivity contribution < 1.29 is 29.1 Å². The summed E-state index contributed by atoms with van der Waals surface area (Å²) in [7, 11) is 0. The Morgan fingerprint density at radius 3 is 1.78 bits per heavy atom. The molecule has 0 radical (unpaired) electrons. The molecule has 0 saturated heterocycles. The molecule has 3 aromatic heterocycles. The van der Waals surface area contributed by atoms with E-state index in [0.29, 0.717) is 11.1 Å². The predicted molar refractivity (Wildman–Crippen MR) is 203 cm³/mol. The van der Waals surface area contributed by atoms with Crippen LogP contribution in [0.4, 0.5) is 0 Å². The van der Waals surface area contributed by atoms with Crippen molar-refractivity contribution in [3.8, 4) is 51.0 Å². The van der Waals surface area contributed by atoms with Crippen molar-refractivity contribution in [3.63, 3.8) is 0 Å². The molecule has 0 aliphatic carbocycles. The van der Waals surface area contributed by atoms with E-state index < -0.39 is 159 Å². The van der Waals surface area contributed by atoms with Gasteiger partial charge >= 0.3 is 0 Å². The number of hydrogen-bond donors (Lipinski definition) is 0. The molecular weight excluding hydrogens is 613 g/mol. The van der Waals surface area contributed by atoms with Crippen LogP contribution in [0.15, 0.2) is 174 Å². The summed E-state index contributed by atoms with van der Waals surface area (Å²) >= 11 is 0. The summed E-state index contributed by atoms with van der Waals surface area (Å²) in [6.45, 7) is 0. The molecule has 10 rings (SSSR count). The van der Waals surface area contributed by atoms with Crippen LogP contribution in [0.5, 0.6) is 0 Å². The smallest absolute Gasteiger partial charge is 0.164 e. The minimum absolute atomic E-state index is 0.143. The zero-order valence-electron chi connectivity index (χ0n) is 43.5. The largest absolute Gasteiger partial charge is 0.456 e. The van der Waals surface area contributed by atoms with Gasteiger partial charge in [0, 0.05) is 32.8 Å². The monoisotopic (exact) mass is 658 g/mol. The van der Waals surface area contributed by atoms with Gasteiger partial charge in [-0.05, 0) is 53.4 Å². The molecule has 0 saturated carbocycles. The molecule has 0 atom stereocenters. The number of fused-ring (bicyclic) bond motifs is 6. The van der Waals surface area contributed by atoms with Crippen LogP contribution in [-0.2, 0) is 0 Å². The highest BCUT2D eigenvalue weighted by atomic mass is 16.3. The van der Waals surface area contributed by atoms with Crippen LogP contribution in [0, 0.1) is 0 Å². The average molecular weight is 659 g/mol. The molecule has 0 fully saturated rings. The van der Waals surface area contributed by atoms with Gasteiger partial charge in [-0.2, -0.15) is 0 Å². The van der Waals surface area contributed by atoms with Gasteiger partial charge in [-0.3, -0.25) is 0 Å².